The van der Waals surface area contributed by atoms with Crippen LogP contribution in [-0.4, -0.2) is 22.1 Å². The molecule has 1 aliphatic rings. The highest BCUT2D eigenvalue weighted by molar-refractivity contribution is 8.15. The van der Waals surface area contributed by atoms with Gasteiger partial charge in [-0.1, -0.05) is 35.0 Å². The molecule has 4 nitrogen and oxygen atoms in total. The van der Waals surface area contributed by atoms with Crippen molar-refractivity contribution in [1.29, 1.82) is 0 Å². The molecule has 2 unspecified atom stereocenters. The number of nitrogens with one attached hydrogen (secondary N) is 1. The van der Waals surface area contributed by atoms with Crippen LogP contribution in [0.15, 0.2) is 18.2 Å². The highest BCUT2D eigenvalue weighted by Crippen LogP contribution is 2.31. The highest BCUT2D eigenvalue weighted by Gasteiger charge is 2.44. The zero-order valence-electron chi connectivity index (χ0n) is 9.78. The van der Waals surface area contributed by atoms with Crippen molar-refractivity contribution in [2.24, 2.45) is 5.92 Å². The van der Waals surface area contributed by atoms with Crippen LogP contribution >= 0.6 is 35.0 Å². The van der Waals surface area contributed by atoms with Crippen molar-refractivity contribution in [3.8, 4) is 0 Å². The Morgan fingerprint density at radius 1 is 1.26 bits per heavy atom. The minimum absolute atomic E-state index is 0.284. The van der Waals surface area contributed by atoms with Crippen LogP contribution in [0.3, 0.4) is 0 Å². The summed E-state index contributed by atoms with van der Waals surface area (Å²) in [4.78, 5) is 35.2. The number of carbonyl (C=O) groups excluding carboxylic acids is 3. The normalized spacial score (nSPS) is 22.7. The number of anilines is 1. The Bertz CT molecular complexity index is 576. The van der Waals surface area contributed by atoms with Crippen molar-refractivity contribution in [1.82, 2.24) is 0 Å². The first kappa shape index (κ1) is 14.4. The van der Waals surface area contributed by atoms with Crippen molar-refractivity contribution < 1.29 is 14.4 Å². The van der Waals surface area contributed by atoms with Gasteiger partial charge in [-0.05, 0) is 25.1 Å². The second-order valence-corrected chi connectivity index (χ2v) is 6.19. The van der Waals surface area contributed by atoms with E-state index in [-0.39, 0.29) is 10.8 Å². The third-order valence-corrected chi connectivity index (χ3v) is 4.46. The third kappa shape index (κ3) is 2.94. The van der Waals surface area contributed by atoms with Gasteiger partial charge in [0, 0.05) is 5.69 Å². The Hall–Kier alpha value is -1.04. The van der Waals surface area contributed by atoms with Crippen molar-refractivity contribution in [2.75, 3.05) is 5.32 Å². The standard InChI is InChI=1S/C12H9Cl2NO3S/c1-5-10(16)9(12(18)19-5)11(17)15-6-2-3-7(13)8(14)4-6/h2-5,9H,1H3,(H,15,17). The topological polar surface area (TPSA) is 63.2 Å². The van der Waals surface area contributed by atoms with E-state index in [0.717, 1.165) is 11.8 Å². The van der Waals surface area contributed by atoms with E-state index in [4.69, 9.17) is 23.2 Å². The van der Waals surface area contributed by atoms with Gasteiger partial charge in [-0.2, -0.15) is 0 Å². The molecule has 1 amide bonds. The lowest BCUT2D eigenvalue weighted by Crippen LogP contribution is -2.32. The van der Waals surface area contributed by atoms with Crippen LogP contribution in [-0.2, 0) is 14.4 Å². The number of ketones is 1. The molecule has 0 aromatic heterocycles. The van der Waals surface area contributed by atoms with Gasteiger partial charge in [-0.3, -0.25) is 14.4 Å². The largest absolute Gasteiger partial charge is 0.325 e. The van der Waals surface area contributed by atoms with E-state index in [2.05, 4.69) is 5.32 Å². The third-order valence-electron chi connectivity index (χ3n) is 2.66. The SMILES string of the molecule is CC1SC(=O)C(C(=O)Nc2ccc(Cl)c(Cl)c2)C1=O. The number of carbonyl (C=O) groups is 3. The molecule has 1 N–H and O–H groups in total. The summed E-state index contributed by atoms with van der Waals surface area (Å²) in [6.07, 6.45) is 0. The maximum absolute atomic E-state index is 11.9. The van der Waals surface area contributed by atoms with Gasteiger partial charge in [0.25, 0.3) is 0 Å². The zero-order chi connectivity index (χ0) is 14.2. The number of rotatable bonds is 2. The minimum Gasteiger partial charge on any atom is -0.325 e. The van der Waals surface area contributed by atoms with Crippen molar-refractivity contribution in [3.63, 3.8) is 0 Å². The van der Waals surface area contributed by atoms with Crippen LogP contribution in [0.5, 0.6) is 0 Å². The molecule has 1 heterocycles. The first-order valence-corrected chi connectivity index (χ1v) is 7.04. The second-order valence-electron chi connectivity index (χ2n) is 4.03. The lowest BCUT2D eigenvalue weighted by Gasteiger charge is -2.09. The fourth-order valence-electron chi connectivity index (χ4n) is 1.68. The Morgan fingerprint density at radius 3 is 2.47 bits per heavy atom. The van der Waals surface area contributed by atoms with E-state index >= 15 is 0 Å². The summed E-state index contributed by atoms with van der Waals surface area (Å²) >= 11 is 12.5. The lowest BCUT2D eigenvalue weighted by atomic mass is 10.0. The van der Waals surface area contributed by atoms with E-state index in [9.17, 15) is 14.4 Å². The zero-order valence-corrected chi connectivity index (χ0v) is 12.1. The molecular formula is C12H9Cl2NO3S. The maximum Gasteiger partial charge on any atom is 0.243 e. The Labute approximate surface area is 123 Å². The van der Waals surface area contributed by atoms with Crippen LogP contribution in [0.25, 0.3) is 0 Å². The van der Waals surface area contributed by atoms with Crippen LogP contribution in [0.1, 0.15) is 6.92 Å². The van der Waals surface area contributed by atoms with E-state index in [1.807, 2.05) is 0 Å². The number of halogens is 2. The predicted molar refractivity (Wildman–Crippen MR) is 75.6 cm³/mol. The molecule has 0 bridgehead atoms. The summed E-state index contributed by atoms with van der Waals surface area (Å²) in [5.74, 6) is -2.24. The Balaban J connectivity index is 2.15. The molecule has 0 saturated carbocycles. The number of hydrogen-bond acceptors (Lipinski definition) is 4. The van der Waals surface area contributed by atoms with Gasteiger partial charge in [0.1, 0.15) is 0 Å². The predicted octanol–water partition coefficient (Wildman–Crippen LogP) is 2.78. The van der Waals surface area contributed by atoms with E-state index in [0.29, 0.717) is 10.7 Å². The molecule has 0 aliphatic carbocycles. The number of hydrogen-bond donors (Lipinski definition) is 1. The quantitative estimate of drug-likeness (QED) is 0.852. The van der Waals surface area contributed by atoms with Crippen LogP contribution in [0.4, 0.5) is 5.69 Å². The van der Waals surface area contributed by atoms with E-state index in [1.54, 1.807) is 13.0 Å². The van der Waals surface area contributed by atoms with Crippen LogP contribution < -0.4 is 5.32 Å². The first-order valence-electron chi connectivity index (χ1n) is 5.40. The van der Waals surface area contributed by atoms with Gasteiger partial charge in [0.05, 0.1) is 15.3 Å². The summed E-state index contributed by atoms with van der Waals surface area (Å²) in [6, 6.07) is 4.53. The molecule has 19 heavy (non-hydrogen) atoms. The van der Waals surface area contributed by atoms with Gasteiger partial charge >= 0.3 is 0 Å². The summed E-state index contributed by atoms with van der Waals surface area (Å²) < 4.78 is 0. The second kappa shape index (κ2) is 5.53. The first-order chi connectivity index (χ1) is 8.90. The monoisotopic (exact) mass is 317 g/mol. The highest BCUT2D eigenvalue weighted by atomic mass is 35.5. The van der Waals surface area contributed by atoms with Gasteiger partial charge in [-0.25, -0.2) is 0 Å². The van der Waals surface area contributed by atoms with Gasteiger partial charge < -0.3 is 5.32 Å². The Kier molecular flexibility index (Phi) is 4.18. The molecule has 1 aromatic carbocycles. The minimum atomic E-state index is -1.24. The molecular weight excluding hydrogens is 309 g/mol. The summed E-state index contributed by atoms with van der Waals surface area (Å²) in [5, 5.41) is 2.24. The fraction of sp³-hybridized carbons (Fsp3) is 0.250. The van der Waals surface area contributed by atoms with Crippen LogP contribution in [0.2, 0.25) is 10.0 Å². The van der Waals surface area contributed by atoms with Gasteiger partial charge in [0.2, 0.25) is 11.0 Å². The smallest absolute Gasteiger partial charge is 0.243 e. The average molecular weight is 318 g/mol. The number of Topliss-reactive ketones (excluding diaryl/α,β-unsaturated/α-hetero) is 1. The molecule has 1 fully saturated rings. The fourth-order valence-corrected chi connectivity index (χ4v) is 2.93. The number of thioether (sulfide) groups is 1. The van der Waals surface area contributed by atoms with Crippen molar-refractivity contribution in [3.05, 3.63) is 28.2 Å². The summed E-state index contributed by atoms with van der Waals surface area (Å²) in [5.41, 5.74) is 0.393. The van der Waals surface area contributed by atoms with Crippen LogP contribution in [0, 0.1) is 5.92 Å². The molecule has 100 valence electrons. The summed E-state index contributed by atoms with van der Waals surface area (Å²) in [7, 11) is 0. The van der Waals surface area contributed by atoms with E-state index < -0.39 is 22.2 Å². The van der Waals surface area contributed by atoms with E-state index in [1.165, 1.54) is 12.1 Å². The average Bonchev–Trinajstić information content (AvgIpc) is 2.58. The molecule has 0 spiro atoms. The molecule has 1 aromatic rings. The number of benzene rings is 1. The molecule has 7 heteroatoms. The molecule has 1 saturated heterocycles. The van der Waals surface area contributed by atoms with Crippen molar-refractivity contribution >= 4 is 57.5 Å². The molecule has 0 radical (unpaired) electrons. The Morgan fingerprint density at radius 2 is 1.95 bits per heavy atom. The van der Waals surface area contributed by atoms with Gasteiger partial charge in [0.15, 0.2) is 11.7 Å². The summed E-state index contributed by atoms with van der Waals surface area (Å²) in [6.45, 7) is 1.61. The molecule has 2 atom stereocenters. The molecule has 1 aliphatic heterocycles. The molecule has 2 rings (SSSR count). The maximum atomic E-state index is 11.9. The van der Waals surface area contributed by atoms with Crippen molar-refractivity contribution in [2.45, 2.75) is 12.2 Å². The number of amides is 1. The lowest BCUT2D eigenvalue weighted by molar-refractivity contribution is -0.134. The van der Waals surface area contributed by atoms with Gasteiger partial charge in [-0.15, -0.1) is 0 Å².